The van der Waals surface area contributed by atoms with Gasteiger partial charge >= 0.3 is 0 Å². The third-order valence-corrected chi connectivity index (χ3v) is 3.87. The van der Waals surface area contributed by atoms with E-state index in [4.69, 9.17) is 4.74 Å². The molecule has 0 aliphatic carbocycles. The van der Waals surface area contributed by atoms with Crippen LogP contribution in [0.1, 0.15) is 27.7 Å². The van der Waals surface area contributed by atoms with Crippen molar-refractivity contribution >= 4 is 0 Å². The van der Waals surface area contributed by atoms with E-state index in [0.717, 1.165) is 5.75 Å². The summed E-state index contributed by atoms with van der Waals surface area (Å²) in [4.78, 5) is 2.30. The SMILES string of the molecule is CC1(C)C=CC(C)(C)N1CC(O)COc1ccccc1. The van der Waals surface area contributed by atoms with Crippen LogP contribution in [-0.2, 0) is 0 Å². The number of para-hydroxylation sites is 1. The first-order chi connectivity index (χ1) is 9.31. The lowest BCUT2D eigenvalue weighted by atomic mass is 10.0. The van der Waals surface area contributed by atoms with E-state index in [1.165, 1.54) is 0 Å². The highest BCUT2D eigenvalue weighted by molar-refractivity contribution is 5.22. The Labute approximate surface area is 121 Å². The Morgan fingerprint density at radius 1 is 1.05 bits per heavy atom. The van der Waals surface area contributed by atoms with Crippen molar-refractivity contribution in [3.8, 4) is 5.75 Å². The van der Waals surface area contributed by atoms with Crippen LogP contribution in [0.3, 0.4) is 0 Å². The molecule has 2 rings (SSSR count). The Kier molecular flexibility index (Phi) is 4.21. The number of benzene rings is 1. The van der Waals surface area contributed by atoms with Crippen molar-refractivity contribution in [3.05, 3.63) is 42.5 Å². The van der Waals surface area contributed by atoms with Crippen molar-refractivity contribution in [1.82, 2.24) is 4.90 Å². The van der Waals surface area contributed by atoms with E-state index in [9.17, 15) is 5.11 Å². The number of aliphatic hydroxyl groups is 1. The summed E-state index contributed by atoms with van der Waals surface area (Å²) in [5.74, 6) is 0.796. The molecule has 1 heterocycles. The van der Waals surface area contributed by atoms with Gasteiger partial charge in [0.1, 0.15) is 18.5 Å². The highest BCUT2D eigenvalue weighted by Gasteiger charge is 2.40. The van der Waals surface area contributed by atoms with E-state index >= 15 is 0 Å². The minimum atomic E-state index is -0.506. The van der Waals surface area contributed by atoms with Crippen molar-refractivity contribution in [1.29, 1.82) is 0 Å². The standard InChI is InChI=1S/C17H25NO2/c1-16(2)10-11-17(3,4)18(16)12-14(19)13-20-15-8-6-5-7-9-15/h5-11,14,19H,12-13H2,1-4H3. The molecule has 0 aromatic heterocycles. The fourth-order valence-corrected chi connectivity index (χ4v) is 2.77. The van der Waals surface area contributed by atoms with E-state index in [1.807, 2.05) is 30.3 Å². The van der Waals surface area contributed by atoms with Gasteiger partial charge in [0.25, 0.3) is 0 Å². The Balaban J connectivity index is 1.90. The van der Waals surface area contributed by atoms with Gasteiger partial charge in [-0.1, -0.05) is 30.4 Å². The number of aliphatic hydroxyl groups excluding tert-OH is 1. The molecule has 0 amide bonds. The van der Waals surface area contributed by atoms with Crippen LogP contribution in [0.2, 0.25) is 0 Å². The lowest BCUT2D eigenvalue weighted by Gasteiger charge is -2.41. The molecule has 20 heavy (non-hydrogen) atoms. The smallest absolute Gasteiger partial charge is 0.119 e. The van der Waals surface area contributed by atoms with E-state index in [1.54, 1.807) is 0 Å². The Morgan fingerprint density at radius 2 is 1.60 bits per heavy atom. The summed E-state index contributed by atoms with van der Waals surface area (Å²) in [5, 5.41) is 10.2. The van der Waals surface area contributed by atoms with Crippen LogP contribution in [-0.4, -0.2) is 40.3 Å². The molecule has 0 radical (unpaired) electrons. The quantitative estimate of drug-likeness (QED) is 0.839. The third-order valence-electron chi connectivity index (χ3n) is 3.87. The average Bonchev–Trinajstić information content (AvgIpc) is 2.61. The topological polar surface area (TPSA) is 32.7 Å². The molecule has 3 nitrogen and oxygen atoms in total. The zero-order valence-corrected chi connectivity index (χ0v) is 12.8. The van der Waals surface area contributed by atoms with Crippen molar-refractivity contribution in [3.63, 3.8) is 0 Å². The minimum Gasteiger partial charge on any atom is -0.491 e. The number of rotatable bonds is 5. The molecule has 1 aliphatic rings. The molecule has 110 valence electrons. The fourth-order valence-electron chi connectivity index (χ4n) is 2.77. The molecular formula is C17H25NO2. The van der Waals surface area contributed by atoms with E-state index in [-0.39, 0.29) is 11.1 Å². The van der Waals surface area contributed by atoms with Crippen LogP contribution < -0.4 is 4.74 Å². The van der Waals surface area contributed by atoms with Crippen LogP contribution in [0.5, 0.6) is 5.75 Å². The maximum absolute atomic E-state index is 10.2. The maximum Gasteiger partial charge on any atom is 0.119 e. The lowest BCUT2D eigenvalue weighted by molar-refractivity contribution is 0.0138. The average molecular weight is 275 g/mol. The first-order valence-electron chi connectivity index (χ1n) is 7.15. The van der Waals surface area contributed by atoms with Crippen LogP contribution in [0, 0.1) is 0 Å². The largest absolute Gasteiger partial charge is 0.491 e. The Hall–Kier alpha value is -1.32. The summed E-state index contributed by atoms with van der Waals surface area (Å²) in [6, 6.07) is 9.61. The lowest BCUT2D eigenvalue weighted by Crippen LogP contribution is -2.53. The van der Waals surface area contributed by atoms with Gasteiger partial charge in [0, 0.05) is 17.6 Å². The summed E-state index contributed by atoms with van der Waals surface area (Å²) < 4.78 is 5.62. The summed E-state index contributed by atoms with van der Waals surface area (Å²) in [7, 11) is 0. The molecule has 1 N–H and O–H groups in total. The van der Waals surface area contributed by atoms with Crippen LogP contribution >= 0.6 is 0 Å². The molecule has 0 saturated carbocycles. The van der Waals surface area contributed by atoms with Gasteiger partial charge < -0.3 is 9.84 Å². The monoisotopic (exact) mass is 275 g/mol. The zero-order chi connectivity index (χ0) is 14.8. The molecule has 1 atom stereocenters. The maximum atomic E-state index is 10.2. The molecule has 0 spiro atoms. The Morgan fingerprint density at radius 3 is 2.15 bits per heavy atom. The highest BCUT2D eigenvalue weighted by Crippen LogP contribution is 2.34. The number of β-amino-alcohol motifs (C(OH)–C–C–N with tert-alkyl or cyclic N) is 1. The predicted octanol–water partition coefficient (Wildman–Crippen LogP) is 2.86. The number of ether oxygens (including phenoxy) is 1. The van der Waals surface area contributed by atoms with Crippen molar-refractivity contribution in [2.45, 2.75) is 44.9 Å². The molecule has 1 unspecified atom stereocenters. The normalized spacial score (nSPS) is 21.9. The summed E-state index contributed by atoms with van der Waals surface area (Å²) in [6.45, 7) is 9.59. The number of nitrogens with zero attached hydrogens (tertiary/aromatic N) is 1. The molecule has 0 fully saturated rings. The number of hydrogen-bond acceptors (Lipinski definition) is 3. The second-order valence-electron chi connectivity index (χ2n) is 6.53. The van der Waals surface area contributed by atoms with Gasteiger partial charge in [-0.2, -0.15) is 0 Å². The van der Waals surface area contributed by atoms with Crippen molar-refractivity contribution in [2.24, 2.45) is 0 Å². The minimum absolute atomic E-state index is 0.0305. The first kappa shape index (κ1) is 15.1. The van der Waals surface area contributed by atoms with E-state index in [0.29, 0.717) is 13.2 Å². The first-order valence-corrected chi connectivity index (χ1v) is 7.15. The molecular weight excluding hydrogens is 250 g/mol. The van der Waals surface area contributed by atoms with Crippen LogP contribution in [0.15, 0.2) is 42.5 Å². The third kappa shape index (κ3) is 3.41. The fraction of sp³-hybridized carbons (Fsp3) is 0.529. The predicted molar refractivity (Wildman–Crippen MR) is 81.9 cm³/mol. The van der Waals surface area contributed by atoms with Crippen molar-refractivity contribution < 1.29 is 9.84 Å². The van der Waals surface area contributed by atoms with Gasteiger partial charge in [-0.3, -0.25) is 4.90 Å². The van der Waals surface area contributed by atoms with Gasteiger partial charge in [0.15, 0.2) is 0 Å². The van der Waals surface area contributed by atoms with Crippen LogP contribution in [0.25, 0.3) is 0 Å². The van der Waals surface area contributed by atoms with Gasteiger partial charge in [-0.15, -0.1) is 0 Å². The van der Waals surface area contributed by atoms with Gasteiger partial charge in [0.05, 0.1) is 0 Å². The van der Waals surface area contributed by atoms with E-state index in [2.05, 4.69) is 44.7 Å². The summed E-state index contributed by atoms with van der Waals surface area (Å²) in [5.41, 5.74) is -0.0611. The highest BCUT2D eigenvalue weighted by atomic mass is 16.5. The second-order valence-corrected chi connectivity index (χ2v) is 6.53. The Bertz CT molecular complexity index is 447. The summed E-state index contributed by atoms with van der Waals surface area (Å²) >= 11 is 0. The van der Waals surface area contributed by atoms with E-state index < -0.39 is 6.10 Å². The molecule has 0 bridgehead atoms. The van der Waals surface area contributed by atoms with Gasteiger partial charge in [0.2, 0.25) is 0 Å². The van der Waals surface area contributed by atoms with Crippen molar-refractivity contribution in [2.75, 3.05) is 13.2 Å². The zero-order valence-electron chi connectivity index (χ0n) is 12.8. The molecule has 1 aromatic rings. The summed E-state index contributed by atoms with van der Waals surface area (Å²) in [6.07, 6.45) is 3.91. The molecule has 0 saturated heterocycles. The molecule has 3 heteroatoms. The number of hydrogen-bond donors (Lipinski definition) is 1. The van der Waals surface area contributed by atoms with Gasteiger partial charge in [-0.05, 0) is 39.8 Å². The second kappa shape index (κ2) is 5.58. The molecule has 1 aliphatic heterocycles. The van der Waals surface area contributed by atoms with Crippen LogP contribution in [0.4, 0.5) is 0 Å². The van der Waals surface area contributed by atoms with Gasteiger partial charge in [-0.25, -0.2) is 0 Å². The molecule has 1 aromatic carbocycles.